The van der Waals surface area contributed by atoms with Gasteiger partial charge in [0.1, 0.15) is 0 Å². The number of hydrogen-bond acceptors (Lipinski definition) is 2. The van der Waals surface area contributed by atoms with Gasteiger partial charge in [0.15, 0.2) is 0 Å². The van der Waals surface area contributed by atoms with E-state index in [0.717, 1.165) is 19.3 Å². The van der Waals surface area contributed by atoms with Gasteiger partial charge in [0.2, 0.25) is 5.92 Å². The lowest BCUT2D eigenvalue weighted by molar-refractivity contribution is -0.143. The molecule has 3 aliphatic rings. The number of fused-ring (bicyclic) bond motifs is 2. The van der Waals surface area contributed by atoms with Crippen LogP contribution in [-0.2, 0) is 0 Å². The summed E-state index contributed by atoms with van der Waals surface area (Å²) in [6.07, 6.45) is 4.11. The van der Waals surface area contributed by atoms with Crippen LogP contribution in [0.1, 0.15) is 51.4 Å². The minimum Gasteiger partial charge on any atom is -0.388 e. The van der Waals surface area contributed by atoms with Gasteiger partial charge < -0.3 is 10.8 Å². The van der Waals surface area contributed by atoms with Crippen LogP contribution in [0.4, 0.5) is 8.78 Å². The van der Waals surface area contributed by atoms with Gasteiger partial charge >= 0.3 is 0 Å². The minimum atomic E-state index is -2.60. The maximum Gasteiger partial charge on any atom is 0.248 e. The van der Waals surface area contributed by atoms with E-state index in [4.69, 9.17) is 5.73 Å². The Hall–Kier alpha value is -0.220. The van der Waals surface area contributed by atoms with Crippen molar-refractivity contribution in [3.05, 3.63) is 0 Å². The first-order valence-electron chi connectivity index (χ1n) is 6.74. The summed E-state index contributed by atoms with van der Waals surface area (Å²) < 4.78 is 26.4. The number of nitrogens with two attached hydrogens (primary N) is 1. The van der Waals surface area contributed by atoms with Gasteiger partial charge in [0, 0.05) is 18.4 Å². The summed E-state index contributed by atoms with van der Waals surface area (Å²) in [5.74, 6) is -1.62. The largest absolute Gasteiger partial charge is 0.388 e. The fourth-order valence-electron chi connectivity index (χ4n) is 4.44. The number of aliphatic hydroxyl groups is 1. The zero-order valence-electron chi connectivity index (χ0n) is 10.1. The fourth-order valence-corrected chi connectivity index (χ4v) is 4.44. The van der Waals surface area contributed by atoms with E-state index in [9.17, 15) is 13.9 Å². The Balaban J connectivity index is 1.80. The van der Waals surface area contributed by atoms with Crippen LogP contribution in [0.25, 0.3) is 0 Å². The van der Waals surface area contributed by atoms with Crippen molar-refractivity contribution in [1.82, 2.24) is 0 Å². The Labute approximate surface area is 101 Å². The summed E-state index contributed by atoms with van der Waals surface area (Å²) in [7, 11) is 0. The lowest BCUT2D eigenvalue weighted by Crippen LogP contribution is -2.65. The summed E-state index contributed by atoms with van der Waals surface area (Å²) in [6.45, 7) is 0. The minimum absolute atomic E-state index is 0.166. The van der Waals surface area contributed by atoms with Crippen molar-refractivity contribution >= 4 is 0 Å². The van der Waals surface area contributed by atoms with Gasteiger partial charge in [-0.1, -0.05) is 6.42 Å². The molecule has 3 fully saturated rings. The zero-order chi connectivity index (χ0) is 12.3. The van der Waals surface area contributed by atoms with E-state index in [0.29, 0.717) is 11.8 Å². The molecule has 0 aliphatic heterocycles. The standard InChI is InChI=1S/C13H21F2NO/c14-12(15)5-3-11(17,4-6-12)13(16)8-9-1-2-10(13)7-9/h9-10,17H,1-8,16H2. The summed E-state index contributed by atoms with van der Waals surface area (Å²) in [4.78, 5) is 0. The van der Waals surface area contributed by atoms with Crippen LogP contribution in [0.3, 0.4) is 0 Å². The number of alkyl halides is 2. The van der Waals surface area contributed by atoms with Crippen LogP contribution in [0, 0.1) is 11.8 Å². The molecule has 2 bridgehead atoms. The van der Waals surface area contributed by atoms with Crippen LogP contribution in [-0.4, -0.2) is 22.2 Å². The average molecular weight is 245 g/mol. The third kappa shape index (κ3) is 1.64. The lowest BCUT2D eigenvalue weighted by atomic mass is 9.63. The Bertz CT molecular complexity index is 323. The molecule has 4 heteroatoms. The first kappa shape index (κ1) is 11.8. The molecule has 98 valence electrons. The Morgan fingerprint density at radius 3 is 2.18 bits per heavy atom. The van der Waals surface area contributed by atoms with E-state index >= 15 is 0 Å². The SMILES string of the molecule is NC1(C2(O)CCC(F)(F)CC2)CC2CCC1C2. The van der Waals surface area contributed by atoms with Gasteiger partial charge in [-0.25, -0.2) is 8.78 Å². The second kappa shape index (κ2) is 3.41. The van der Waals surface area contributed by atoms with Crippen LogP contribution >= 0.6 is 0 Å². The molecule has 0 spiro atoms. The van der Waals surface area contributed by atoms with Crippen molar-refractivity contribution in [3.63, 3.8) is 0 Å². The van der Waals surface area contributed by atoms with Crippen molar-refractivity contribution in [2.45, 2.75) is 68.4 Å². The Morgan fingerprint density at radius 2 is 1.71 bits per heavy atom. The number of hydrogen-bond donors (Lipinski definition) is 2. The number of halogens is 2. The average Bonchev–Trinajstić information content (AvgIpc) is 2.83. The molecule has 0 heterocycles. The maximum atomic E-state index is 13.2. The third-order valence-corrected chi connectivity index (χ3v) is 5.57. The molecule has 3 N–H and O–H groups in total. The highest BCUT2D eigenvalue weighted by molar-refractivity contribution is 5.16. The van der Waals surface area contributed by atoms with E-state index in [-0.39, 0.29) is 25.7 Å². The second-order valence-corrected chi connectivity index (χ2v) is 6.51. The zero-order valence-corrected chi connectivity index (χ0v) is 10.1. The van der Waals surface area contributed by atoms with Crippen molar-refractivity contribution in [2.75, 3.05) is 0 Å². The summed E-state index contributed by atoms with van der Waals surface area (Å²) in [6, 6.07) is 0. The molecule has 17 heavy (non-hydrogen) atoms. The van der Waals surface area contributed by atoms with Crippen LogP contribution in [0.15, 0.2) is 0 Å². The smallest absolute Gasteiger partial charge is 0.248 e. The van der Waals surface area contributed by atoms with E-state index in [2.05, 4.69) is 0 Å². The van der Waals surface area contributed by atoms with Crippen molar-refractivity contribution in [2.24, 2.45) is 17.6 Å². The van der Waals surface area contributed by atoms with Gasteiger partial charge in [-0.15, -0.1) is 0 Å². The molecule has 3 saturated carbocycles. The summed E-state index contributed by atoms with van der Waals surface area (Å²) in [5.41, 5.74) is 4.81. The maximum absolute atomic E-state index is 13.2. The van der Waals surface area contributed by atoms with E-state index in [1.807, 2.05) is 0 Å². The van der Waals surface area contributed by atoms with Gasteiger partial charge in [0.05, 0.1) is 5.60 Å². The van der Waals surface area contributed by atoms with Crippen LogP contribution in [0.2, 0.25) is 0 Å². The van der Waals surface area contributed by atoms with Crippen molar-refractivity contribution in [3.8, 4) is 0 Å². The summed E-state index contributed by atoms with van der Waals surface area (Å²) in [5, 5.41) is 10.7. The molecule has 3 unspecified atom stereocenters. The molecule has 0 amide bonds. The van der Waals surface area contributed by atoms with E-state index in [1.54, 1.807) is 0 Å². The predicted molar refractivity (Wildman–Crippen MR) is 60.7 cm³/mol. The van der Waals surface area contributed by atoms with E-state index in [1.165, 1.54) is 6.42 Å². The highest BCUT2D eigenvalue weighted by atomic mass is 19.3. The van der Waals surface area contributed by atoms with E-state index < -0.39 is 17.1 Å². The first-order chi connectivity index (χ1) is 7.85. The highest BCUT2D eigenvalue weighted by Crippen LogP contribution is 2.57. The third-order valence-electron chi connectivity index (χ3n) is 5.57. The van der Waals surface area contributed by atoms with Crippen molar-refractivity contribution < 1.29 is 13.9 Å². The molecule has 2 nitrogen and oxygen atoms in total. The van der Waals surface area contributed by atoms with Gasteiger partial charge in [-0.3, -0.25) is 0 Å². The molecule has 0 saturated heterocycles. The fraction of sp³-hybridized carbons (Fsp3) is 1.00. The first-order valence-corrected chi connectivity index (χ1v) is 6.74. The second-order valence-electron chi connectivity index (χ2n) is 6.51. The summed E-state index contributed by atoms with van der Waals surface area (Å²) >= 11 is 0. The molecule has 3 atom stereocenters. The lowest BCUT2D eigenvalue weighted by Gasteiger charge is -2.50. The molecule has 0 aromatic heterocycles. The molecular weight excluding hydrogens is 224 g/mol. The van der Waals surface area contributed by atoms with Crippen molar-refractivity contribution in [1.29, 1.82) is 0 Å². The monoisotopic (exact) mass is 245 g/mol. The molecular formula is C13H21F2NO. The molecule has 0 aromatic rings. The Morgan fingerprint density at radius 1 is 1.06 bits per heavy atom. The molecule has 3 rings (SSSR count). The highest BCUT2D eigenvalue weighted by Gasteiger charge is 2.61. The quantitative estimate of drug-likeness (QED) is 0.745. The molecule has 3 aliphatic carbocycles. The van der Waals surface area contributed by atoms with Gasteiger partial charge in [-0.2, -0.15) is 0 Å². The number of rotatable bonds is 1. The predicted octanol–water partition coefficient (Wildman–Crippen LogP) is 2.44. The normalized spacial score (nSPS) is 47.3. The molecule has 0 radical (unpaired) electrons. The molecule has 0 aromatic carbocycles. The van der Waals surface area contributed by atoms with Crippen LogP contribution < -0.4 is 5.73 Å². The Kier molecular flexibility index (Phi) is 2.38. The topological polar surface area (TPSA) is 46.2 Å². The van der Waals surface area contributed by atoms with Gasteiger partial charge in [0.25, 0.3) is 0 Å². The van der Waals surface area contributed by atoms with Gasteiger partial charge in [-0.05, 0) is 43.9 Å². The van der Waals surface area contributed by atoms with Crippen LogP contribution in [0.5, 0.6) is 0 Å².